The summed E-state index contributed by atoms with van der Waals surface area (Å²) >= 11 is 5.82. The number of ether oxygens (including phenoxy) is 1. The van der Waals surface area contributed by atoms with Gasteiger partial charge in [-0.15, -0.1) is 0 Å². The fraction of sp³-hybridized carbons (Fsp3) is 0.0588. The van der Waals surface area contributed by atoms with Crippen LogP contribution in [0.25, 0.3) is 6.08 Å². The number of esters is 1. The normalized spacial score (nSPS) is 10.5. The van der Waals surface area contributed by atoms with Gasteiger partial charge in [-0.1, -0.05) is 35.9 Å². The monoisotopic (exact) mass is 333 g/mol. The van der Waals surface area contributed by atoms with Crippen molar-refractivity contribution in [2.75, 3.05) is 11.9 Å². The minimum atomic E-state index is -0.686. The van der Waals surface area contributed by atoms with Crippen LogP contribution >= 0.6 is 11.6 Å². The van der Waals surface area contributed by atoms with E-state index in [2.05, 4.69) is 5.32 Å². The quantitative estimate of drug-likeness (QED) is 0.671. The summed E-state index contributed by atoms with van der Waals surface area (Å²) in [6.07, 6.45) is 2.70. The zero-order valence-electron chi connectivity index (χ0n) is 12.0. The van der Waals surface area contributed by atoms with Crippen molar-refractivity contribution in [1.29, 1.82) is 0 Å². The van der Waals surface area contributed by atoms with Crippen LogP contribution in [-0.2, 0) is 14.3 Å². The second-order valence-corrected chi connectivity index (χ2v) is 4.96. The van der Waals surface area contributed by atoms with Crippen molar-refractivity contribution in [3.05, 3.63) is 71.0 Å². The Morgan fingerprint density at radius 2 is 1.96 bits per heavy atom. The summed E-state index contributed by atoms with van der Waals surface area (Å²) in [5.41, 5.74) is 0.758. The molecular weight excluding hydrogens is 321 g/mol. The third-order valence-corrected chi connectivity index (χ3v) is 2.99. The Morgan fingerprint density at radius 1 is 1.17 bits per heavy atom. The molecule has 0 saturated carbocycles. The summed E-state index contributed by atoms with van der Waals surface area (Å²) in [6.45, 7) is -0.507. The molecular formula is C17H13ClFNO3. The number of para-hydroxylation sites is 1. The summed E-state index contributed by atoms with van der Waals surface area (Å²) < 4.78 is 18.1. The Labute approximate surface area is 137 Å². The second-order valence-electron chi connectivity index (χ2n) is 4.52. The lowest BCUT2D eigenvalue weighted by Gasteiger charge is -2.06. The van der Waals surface area contributed by atoms with Crippen LogP contribution in [0.5, 0.6) is 0 Å². The van der Waals surface area contributed by atoms with Crippen LogP contribution < -0.4 is 5.32 Å². The average molecular weight is 334 g/mol. The fourth-order valence-electron chi connectivity index (χ4n) is 1.71. The van der Waals surface area contributed by atoms with E-state index in [1.807, 2.05) is 0 Å². The van der Waals surface area contributed by atoms with Crippen molar-refractivity contribution in [1.82, 2.24) is 0 Å². The summed E-state index contributed by atoms with van der Waals surface area (Å²) in [5, 5.41) is 2.86. The molecule has 0 fully saturated rings. The topological polar surface area (TPSA) is 55.4 Å². The molecule has 1 amide bonds. The Morgan fingerprint density at radius 3 is 2.70 bits per heavy atom. The molecule has 0 saturated heterocycles. The summed E-state index contributed by atoms with van der Waals surface area (Å²) in [7, 11) is 0. The van der Waals surface area contributed by atoms with Gasteiger partial charge < -0.3 is 10.1 Å². The molecule has 0 aliphatic carbocycles. The summed E-state index contributed by atoms with van der Waals surface area (Å²) in [4.78, 5) is 23.1. The standard InChI is InChI=1S/C17H13ClFNO3/c18-13-5-3-4-12(10-13)8-9-17(22)23-11-16(21)20-15-7-2-1-6-14(15)19/h1-10H,11H2,(H,20,21)/b9-8+. The van der Waals surface area contributed by atoms with E-state index in [1.54, 1.807) is 30.3 Å². The minimum absolute atomic E-state index is 0.0306. The lowest BCUT2D eigenvalue weighted by molar-refractivity contribution is -0.142. The zero-order valence-corrected chi connectivity index (χ0v) is 12.7. The van der Waals surface area contributed by atoms with Gasteiger partial charge in [0.25, 0.3) is 5.91 Å². The molecule has 6 heteroatoms. The number of anilines is 1. The SMILES string of the molecule is O=C(COC(=O)/C=C/c1cccc(Cl)c1)Nc1ccccc1F. The highest BCUT2D eigenvalue weighted by molar-refractivity contribution is 6.30. The lowest BCUT2D eigenvalue weighted by Crippen LogP contribution is -2.20. The largest absolute Gasteiger partial charge is 0.452 e. The van der Waals surface area contributed by atoms with E-state index in [-0.39, 0.29) is 5.69 Å². The molecule has 0 aliphatic rings. The van der Waals surface area contributed by atoms with Crippen LogP contribution in [0.4, 0.5) is 10.1 Å². The van der Waals surface area contributed by atoms with Crippen LogP contribution in [0.1, 0.15) is 5.56 Å². The van der Waals surface area contributed by atoms with Crippen molar-refractivity contribution in [2.45, 2.75) is 0 Å². The van der Waals surface area contributed by atoms with Crippen molar-refractivity contribution < 1.29 is 18.7 Å². The molecule has 2 rings (SSSR count). The van der Waals surface area contributed by atoms with Crippen molar-refractivity contribution >= 4 is 35.2 Å². The first kappa shape index (κ1) is 16.7. The highest BCUT2D eigenvalue weighted by Gasteiger charge is 2.08. The number of nitrogens with one attached hydrogen (secondary N) is 1. The maximum Gasteiger partial charge on any atom is 0.331 e. The third-order valence-electron chi connectivity index (χ3n) is 2.75. The number of hydrogen-bond donors (Lipinski definition) is 1. The predicted octanol–water partition coefficient (Wildman–Crippen LogP) is 3.67. The highest BCUT2D eigenvalue weighted by atomic mass is 35.5. The second kappa shape index (κ2) is 8.10. The van der Waals surface area contributed by atoms with E-state index in [9.17, 15) is 14.0 Å². The van der Waals surface area contributed by atoms with Crippen LogP contribution in [0.15, 0.2) is 54.6 Å². The zero-order chi connectivity index (χ0) is 16.7. The maximum absolute atomic E-state index is 13.3. The van der Waals surface area contributed by atoms with E-state index < -0.39 is 24.3 Å². The summed E-state index contributed by atoms with van der Waals surface area (Å²) in [5.74, 6) is -1.87. The molecule has 0 heterocycles. The Balaban J connectivity index is 1.82. The first-order valence-corrected chi connectivity index (χ1v) is 7.07. The molecule has 4 nitrogen and oxygen atoms in total. The van der Waals surface area contributed by atoms with Crippen molar-refractivity contribution in [3.8, 4) is 0 Å². The van der Waals surface area contributed by atoms with Crippen molar-refractivity contribution in [3.63, 3.8) is 0 Å². The van der Waals surface area contributed by atoms with E-state index in [0.717, 1.165) is 5.56 Å². The molecule has 23 heavy (non-hydrogen) atoms. The van der Waals surface area contributed by atoms with Gasteiger partial charge in [0.2, 0.25) is 0 Å². The van der Waals surface area contributed by atoms with E-state index in [0.29, 0.717) is 5.02 Å². The molecule has 2 aromatic carbocycles. The highest BCUT2D eigenvalue weighted by Crippen LogP contribution is 2.13. The maximum atomic E-state index is 13.3. The lowest BCUT2D eigenvalue weighted by atomic mass is 10.2. The molecule has 118 valence electrons. The van der Waals surface area contributed by atoms with E-state index in [4.69, 9.17) is 16.3 Å². The van der Waals surface area contributed by atoms with Crippen LogP contribution in [0.2, 0.25) is 5.02 Å². The molecule has 1 N–H and O–H groups in total. The fourth-order valence-corrected chi connectivity index (χ4v) is 1.91. The van der Waals surface area contributed by atoms with E-state index in [1.165, 1.54) is 30.4 Å². The minimum Gasteiger partial charge on any atom is -0.452 e. The number of amides is 1. The van der Waals surface area contributed by atoms with Gasteiger partial charge in [0.1, 0.15) is 5.82 Å². The van der Waals surface area contributed by atoms with Gasteiger partial charge in [0.05, 0.1) is 5.69 Å². The third kappa shape index (κ3) is 5.56. The van der Waals surface area contributed by atoms with Crippen molar-refractivity contribution in [2.24, 2.45) is 0 Å². The number of benzene rings is 2. The molecule has 0 atom stereocenters. The van der Waals surface area contributed by atoms with Gasteiger partial charge in [-0.25, -0.2) is 9.18 Å². The molecule has 0 aromatic heterocycles. The number of carbonyl (C=O) groups excluding carboxylic acids is 2. The first-order chi connectivity index (χ1) is 11.0. The molecule has 2 aromatic rings. The number of rotatable bonds is 5. The van der Waals surface area contributed by atoms with Gasteiger partial charge in [-0.3, -0.25) is 4.79 Å². The Kier molecular flexibility index (Phi) is 5.88. The first-order valence-electron chi connectivity index (χ1n) is 6.69. The smallest absolute Gasteiger partial charge is 0.331 e. The average Bonchev–Trinajstić information content (AvgIpc) is 2.53. The number of carbonyl (C=O) groups is 2. The van der Waals surface area contributed by atoms with Crippen LogP contribution in [0.3, 0.4) is 0 Å². The number of halogens is 2. The predicted molar refractivity (Wildman–Crippen MR) is 86.5 cm³/mol. The van der Waals surface area contributed by atoms with Gasteiger partial charge in [0.15, 0.2) is 6.61 Å². The van der Waals surface area contributed by atoms with Crippen LogP contribution in [0, 0.1) is 5.82 Å². The molecule has 0 radical (unpaired) electrons. The Bertz CT molecular complexity index is 746. The van der Waals surface area contributed by atoms with Crippen LogP contribution in [-0.4, -0.2) is 18.5 Å². The van der Waals surface area contributed by atoms with E-state index >= 15 is 0 Å². The van der Waals surface area contributed by atoms with Gasteiger partial charge in [-0.2, -0.15) is 0 Å². The van der Waals surface area contributed by atoms with Gasteiger partial charge in [0, 0.05) is 11.1 Å². The molecule has 0 bridgehead atoms. The Hall–Kier alpha value is -2.66. The number of hydrogen-bond acceptors (Lipinski definition) is 3. The van der Waals surface area contributed by atoms with Gasteiger partial charge >= 0.3 is 5.97 Å². The summed E-state index contributed by atoms with van der Waals surface area (Å²) in [6, 6.07) is 12.6. The molecule has 0 spiro atoms. The molecule has 0 unspecified atom stereocenters. The van der Waals surface area contributed by atoms with Gasteiger partial charge in [-0.05, 0) is 35.9 Å². The molecule has 0 aliphatic heterocycles.